The molecule has 3 aromatic rings. The quantitative estimate of drug-likeness (QED) is 0.388. The number of fused-ring (bicyclic) bond motifs is 1. The van der Waals surface area contributed by atoms with Gasteiger partial charge in [-0.15, -0.1) is 11.8 Å². The van der Waals surface area contributed by atoms with E-state index in [1.165, 1.54) is 4.90 Å². The topological polar surface area (TPSA) is 119 Å². The molecule has 7 heteroatoms. The molecule has 198 valence electrons. The summed E-state index contributed by atoms with van der Waals surface area (Å²) in [6, 6.07) is 22.8. The van der Waals surface area contributed by atoms with Crippen molar-refractivity contribution in [2.45, 2.75) is 43.4 Å². The molecule has 1 fully saturated rings. The minimum absolute atomic E-state index is 0. The van der Waals surface area contributed by atoms with Crippen LogP contribution in [0.15, 0.2) is 71.6 Å². The number of benzene rings is 3. The van der Waals surface area contributed by atoms with Crippen LogP contribution in [0.1, 0.15) is 37.8 Å². The van der Waals surface area contributed by atoms with E-state index < -0.39 is 5.41 Å². The molecule has 2 aliphatic rings. The van der Waals surface area contributed by atoms with Crippen molar-refractivity contribution >= 4 is 17.5 Å². The zero-order valence-electron chi connectivity index (χ0n) is 21.3. The molecule has 3 aromatic carbocycles. The van der Waals surface area contributed by atoms with Gasteiger partial charge in [-0.3, -0.25) is 4.79 Å². The second-order valence-electron chi connectivity index (χ2n) is 9.97. The fraction of sp³-hybridized carbons (Fsp3) is 0.367. The average Bonchev–Trinajstić information content (AvgIpc) is 3.55. The molecule has 0 aromatic heterocycles. The van der Waals surface area contributed by atoms with Gasteiger partial charge >= 0.3 is 0 Å². The molecular formula is C30H36O6S. The Labute approximate surface area is 222 Å². The Balaban J connectivity index is 0.00000190. The number of ketones is 1. The van der Waals surface area contributed by atoms with Crippen molar-refractivity contribution in [3.8, 4) is 22.6 Å². The number of carbonyl (C=O) groups excluding carboxylic acids is 1. The fourth-order valence-electron chi connectivity index (χ4n) is 4.67. The van der Waals surface area contributed by atoms with Gasteiger partial charge in [-0.2, -0.15) is 0 Å². The van der Waals surface area contributed by atoms with Gasteiger partial charge in [0.05, 0.1) is 5.41 Å². The lowest BCUT2D eigenvalue weighted by Crippen LogP contribution is -2.22. The normalized spacial score (nSPS) is 15.5. The highest BCUT2D eigenvalue weighted by Crippen LogP contribution is 2.51. The van der Waals surface area contributed by atoms with Gasteiger partial charge in [0.1, 0.15) is 5.78 Å². The number of aliphatic hydroxyl groups excluding tert-OH is 1. The Hall–Kier alpha value is -2.84. The number of hydrogen-bond donors (Lipinski definition) is 1. The number of carbonyl (C=O) groups is 1. The highest BCUT2D eigenvalue weighted by atomic mass is 32.2. The molecular weight excluding hydrogens is 488 g/mol. The summed E-state index contributed by atoms with van der Waals surface area (Å²) in [5.41, 5.74) is 3.95. The van der Waals surface area contributed by atoms with Crippen LogP contribution >= 0.6 is 11.8 Å². The second kappa shape index (κ2) is 12.1. The molecule has 1 heterocycles. The number of Topliss-reactive ketones (excluding diaryl/α,β-unsaturated/α-hetero) is 1. The molecule has 6 nitrogen and oxygen atoms in total. The maximum Gasteiger partial charge on any atom is 0.231 e. The van der Waals surface area contributed by atoms with E-state index in [2.05, 4.69) is 50.2 Å². The third-order valence-corrected chi connectivity index (χ3v) is 8.53. The van der Waals surface area contributed by atoms with Crippen LogP contribution in [0.5, 0.6) is 11.5 Å². The van der Waals surface area contributed by atoms with Crippen LogP contribution in [-0.2, 0) is 16.6 Å². The predicted molar refractivity (Wildman–Crippen MR) is 147 cm³/mol. The van der Waals surface area contributed by atoms with Crippen molar-refractivity contribution < 1.29 is 30.3 Å². The van der Waals surface area contributed by atoms with Gasteiger partial charge in [-0.05, 0) is 71.2 Å². The minimum atomic E-state index is -0.391. The maximum absolute atomic E-state index is 13.4. The third kappa shape index (κ3) is 6.18. The smallest absolute Gasteiger partial charge is 0.231 e. The first-order chi connectivity index (χ1) is 17.0. The minimum Gasteiger partial charge on any atom is -0.454 e. The van der Waals surface area contributed by atoms with E-state index in [4.69, 9.17) is 9.47 Å². The van der Waals surface area contributed by atoms with E-state index in [1.54, 1.807) is 11.8 Å². The summed E-state index contributed by atoms with van der Waals surface area (Å²) >= 11 is 1.79. The van der Waals surface area contributed by atoms with E-state index in [0.717, 1.165) is 52.3 Å². The Kier molecular flexibility index (Phi) is 9.42. The van der Waals surface area contributed by atoms with Crippen molar-refractivity contribution in [1.29, 1.82) is 0 Å². The number of thioether (sulfide) groups is 1. The molecule has 5 N–H and O–H groups in total. The van der Waals surface area contributed by atoms with Crippen molar-refractivity contribution in [2.75, 3.05) is 19.2 Å². The maximum atomic E-state index is 13.4. The fourth-order valence-corrected chi connectivity index (χ4v) is 5.89. The van der Waals surface area contributed by atoms with Gasteiger partial charge in [-0.1, -0.05) is 56.3 Å². The van der Waals surface area contributed by atoms with Crippen molar-refractivity contribution in [1.82, 2.24) is 0 Å². The van der Waals surface area contributed by atoms with Crippen LogP contribution in [0.25, 0.3) is 11.1 Å². The lowest BCUT2D eigenvalue weighted by Gasteiger charge is -2.17. The SMILES string of the molecule is CC(C)[C@H](CO)CSc1ccc(-c2cccc(CC(=O)C3(c4ccc5c(c4)OCO5)CC3)c2)cc1.O.O. The van der Waals surface area contributed by atoms with Crippen molar-refractivity contribution in [2.24, 2.45) is 11.8 Å². The largest absolute Gasteiger partial charge is 0.454 e. The lowest BCUT2D eigenvalue weighted by molar-refractivity contribution is -0.120. The Morgan fingerprint density at radius 1 is 0.946 bits per heavy atom. The highest BCUT2D eigenvalue weighted by Gasteiger charge is 2.50. The van der Waals surface area contributed by atoms with E-state index in [-0.39, 0.29) is 30.1 Å². The Morgan fingerprint density at radius 3 is 2.35 bits per heavy atom. The molecule has 1 atom stereocenters. The average molecular weight is 525 g/mol. The van der Waals surface area contributed by atoms with E-state index in [9.17, 15) is 9.90 Å². The van der Waals surface area contributed by atoms with Crippen LogP contribution in [0.2, 0.25) is 0 Å². The molecule has 0 bridgehead atoms. The molecule has 0 radical (unpaired) electrons. The number of aliphatic hydroxyl groups is 1. The summed E-state index contributed by atoms with van der Waals surface area (Å²) in [4.78, 5) is 14.6. The summed E-state index contributed by atoms with van der Waals surface area (Å²) in [6.45, 7) is 4.78. The van der Waals surface area contributed by atoms with E-state index in [0.29, 0.717) is 18.3 Å². The predicted octanol–water partition coefficient (Wildman–Crippen LogP) is 4.63. The molecule has 1 saturated carbocycles. The Morgan fingerprint density at radius 2 is 1.68 bits per heavy atom. The van der Waals surface area contributed by atoms with E-state index >= 15 is 0 Å². The number of ether oxygens (including phenoxy) is 2. The zero-order valence-corrected chi connectivity index (χ0v) is 22.1. The summed E-state index contributed by atoms with van der Waals surface area (Å²) in [6.07, 6.45) is 2.20. The van der Waals surface area contributed by atoms with Crippen molar-refractivity contribution in [3.63, 3.8) is 0 Å². The van der Waals surface area contributed by atoms with E-state index in [1.807, 2.05) is 30.3 Å². The Bertz CT molecular complexity index is 1200. The van der Waals surface area contributed by atoms with Crippen LogP contribution in [0.4, 0.5) is 0 Å². The molecule has 0 unspecified atom stereocenters. The summed E-state index contributed by atoms with van der Waals surface area (Å²) < 4.78 is 11.0. The summed E-state index contributed by atoms with van der Waals surface area (Å²) in [5, 5.41) is 9.56. The van der Waals surface area contributed by atoms with Gasteiger partial charge in [0.25, 0.3) is 0 Å². The summed E-state index contributed by atoms with van der Waals surface area (Å²) in [5.74, 6) is 3.45. The van der Waals surface area contributed by atoms with Crippen LogP contribution in [0.3, 0.4) is 0 Å². The molecule has 0 spiro atoms. The monoisotopic (exact) mass is 524 g/mol. The number of hydrogen-bond acceptors (Lipinski definition) is 5. The first-order valence-electron chi connectivity index (χ1n) is 12.3. The lowest BCUT2D eigenvalue weighted by atomic mass is 9.87. The van der Waals surface area contributed by atoms with Gasteiger partial charge in [0, 0.05) is 23.7 Å². The van der Waals surface area contributed by atoms with Gasteiger partial charge in [0.2, 0.25) is 6.79 Å². The summed E-state index contributed by atoms with van der Waals surface area (Å²) in [7, 11) is 0. The first-order valence-corrected chi connectivity index (χ1v) is 13.3. The standard InChI is InChI=1S/C30H32O4S.2H2O/c1-20(2)24(17-31)18-35-26-9-6-22(7-10-26)23-5-3-4-21(14-23)15-29(32)30(12-13-30)25-8-11-27-28(16-25)34-19-33-27;;/h3-11,14,16,20,24,31H,12-13,15,17-19H2,1-2H3;2*1H2/t24-;;/m1../s1. The molecule has 37 heavy (non-hydrogen) atoms. The van der Waals surface area contributed by atoms with Crippen LogP contribution < -0.4 is 9.47 Å². The highest BCUT2D eigenvalue weighted by molar-refractivity contribution is 7.99. The van der Waals surface area contributed by atoms with Crippen molar-refractivity contribution in [3.05, 3.63) is 77.9 Å². The third-order valence-electron chi connectivity index (χ3n) is 7.33. The van der Waals surface area contributed by atoms with Gasteiger partial charge in [0.15, 0.2) is 11.5 Å². The first kappa shape index (κ1) is 28.7. The molecule has 5 rings (SSSR count). The molecule has 1 aliphatic heterocycles. The van der Waals surface area contributed by atoms with Gasteiger partial charge in [-0.25, -0.2) is 0 Å². The van der Waals surface area contributed by atoms with Gasteiger partial charge < -0.3 is 25.5 Å². The van der Waals surface area contributed by atoms with Crippen LogP contribution in [-0.4, -0.2) is 41.0 Å². The number of rotatable bonds is 10. The molecule has 1 aliphatic carbocycles. The second-order valence-corrected chi connectivity index (χ2v) is 11.1. The zero-order chi connectivity index (χ0) is 24.4. The molecule has 0 amide bonds. The molecule has 0 saturated heterocycles. The van der Waals surface area contributed by atoms with Crippen LogP contribution in [0, 0.1) is 11.8 Å².